The zero-order valence-corrected chi connectivity index (χ0v) is 11.7. The van der Waals surface area contributed by atoms with Crippen molar-refractivity contribution >= 4 is 25.8 Å². The molecule has 0 fully saturated rings. The van der Waals surface area contributed by atoms with Gasteiger partial charge in [0.05, 0.1) is 18.6 Å². The van der Waals surface area contributed by atoms with Gasteiger partial charge in [-0.3, -0.25) is 8.91 Å². The first-order valence-electron chi connectivity index (χ1n) is 5.22. The molecule has 0 amide bonds. The van der Waals surface area contributed by atoms with Crippen molar-refractivity contribution in [3.8, 4) is 0 Å². The Balaban J connectivity index is 3.20. The number of hydrogen-bond donors (Lipinski definition) is 1. The average Bonchev–Trinajstić information content (AvgIpc) is 2.28. The second kappa shape index (κ2) is 5.68. The molecule has 0 aliphatic carbocycles. The van der Waals surface area contributed by atoms with E-state index in [1.54, 1.807) is 13.0 Å². The van der Waals surface area contributed by atoms with Gasteiger partial charge < -0.3 is 0 Å². The van der Waals surface area contributed by atoms with E-state index in [0.717, 1.165) is 7.11 Å². The number of sulfonamides is 1. The lowest BCUT2D eigenvalue weighted by Crippen LogP contribution is -2.18. The summed E-state index contributed by atoms with van der Waals surface area (Å²) < 4.78 is 53.1. The minimum atomic E-state index is -3.94. The lowest BCUT2D eigenvalue weighted by atomic mass is 10.3. The first-order valence-corrected chi connectivity index (χ1v) is 8.28. The molecule has 1 N–H and O–H groups in total. The maximum atomic E-state index is 11.6. The predicted molar refractivity (Wildman–Crippen MR) is 68.3 cm³/mol. The van der Waals surface area contributed by atoms with Gasteiger partial charge in [-0.15, -0.1) is 0 Å². The molecule has 0 aromatic heterocycles. The van der Waals surface area contributed by atoms with Crippen molar-refractivity contribution in [3.63, 3.8) is 0 Å². The zero-order chi connectivity index (χ0) is 13.8. The Kier molecular flexibility index (Phi) is 4.71. The van der Waals surface area contributed by atoms with Crippen LogP contribution < -0.4 is 4.72 Å². The number of benzene rings is 1. The molecule has 0 atom stereocenters. The summed E-state index contributed by atoms with van der Waals surface area (Å²) in [5.41, 5.74) is -0.00667. The summed E-state index contributed by atoms with van der Waals surface area (Å²) in [5, 5.41) is 0. The van der Waals surface area contributed by atoms with Crippen LogP contribution in [0.5, 0.6) is 0 Å². The maximum Gasteiger partial charge on any atom is 0.298 e. The first-order chi connectivity index (χ1) is 8.32. The highest BCUT2D eigenvalue weighted by Crippen LogP contribution is 2.23. The Hall–Kier alpha value is -1.12. The van der Waals surface area contributed by atoms with E-state index < -0.39 is 20.1 Å². The largest absolute Gasteiger partial charge is 0.298 e. The lowest BCUT2D eigenvalue weighted by molar-refractivity contribution is 0.398. The number of anilines is 1. The van der Waals surface area contributed by atoms with Gasteiger partial charge in [-0.2, -0.15) is 8.42 Å². The SMILES string of the molecule is CCCS(=O)(=O)Nc1ccccc1S(=O)(=O)OC. The summed E-state index contributed by atoms with van der Waals surface area (Å²) in [5.74, 6) is -0.0750. The third-order valence-electron chi connectivity index (χ3n) is 2.11. The number of hydrogen-bond acceptors (Lipinski definition) is 5. The van der Waals surface area contributed by atoms with Gasteiger partial charge in [0.15, 0.2) is 0 Å². The first kappa shape index (κ1) is 14.9. The molecule has 0 saturated carbocycles. The Morgan fingerprint density at radius 2 is 1.78 bits per heavy atom. The van der Waals surface area contributed by atoms with Crippen molar-refractivity contribution in [2.24, 2.45) is 0 Å². The van der Waals surface area contributed by atoms with Crippen LogP contribution in [0.1, 0.15) is 13.3 Å². The van der Waals surface area contributed by atoms with E-state index >= 15 is 0 Å². The van der Waals surface area contributed by atoms with E-state index in [-0.39, 0.29) is 16.3 Å². The van der Waals surface area contributed by atoms with Crippen molar-refractivity contribution < 1.29 is 21.0 Å². The molecule has 18 heavy (non-hydrogen) atoms. The monoisotopic (exact) mass is 293 g/mol. The third kappa shape index (κ3) is 3.69. The normalized spacial score (nSPS) is 12.3. The fourth-order valence-electron chi connectivity index (χ4n) is 1.35. The number of nitrogens with one attached hydrogen (secondary N) is 1. The molecule has 6 nitrogen and oxygen atoms in total. The highest BCUT2D eigenvalue weighted by molar-refractivity contribution is 7.92. The molecule has 1 rings (SSSR count). The maximum absolute atomic E-state index is 11.6. The Morgan fingerprint density at radius 3 is 2.33 bits per heavy atom. The number of rotatable bonds is 6. The van der Waals surface area contributed by atoms with E-state index in [2.05, 4.69) is 8.91 Å². The van der Waals surface area contributed by atoms with Crippen molar-refractivity contribution in [1.29, 1.82) is 0 Å². The van der Waals surface area contributed by atoms with Gasteiger partial charge in [-0.25, -0.2) is 8.42 Å². The van der Waals surface area contributed by atoms with Crippen LogP contribution in [0, 0.1) is 0 Å². The van der Waals surface area contributed by atoms with E-state index in [9.17, 15) is 16.8 Å². The van der Waals surface area contributed by atoms with Crippen LogP contribution >= 0.6 is 0 Å². The third-order valence-corrected chi connectivity index (χ3v) is 4.92. The van der Waals surface area contributed by atoms with Gasteiger partial charge in [0.25, 0.3) is 10.1 Å². The smallest absolute Gasteiger partial charge is 0.282 e. The minimum Gasteiger partial charge on any atom is -0.282 e. The van der Waals surface area contributed by atoms with Crippen LogP contribution in [0.3, 0.4) is 0 Å². The molecule has 1 aromatic carbocycles. The summed E-state index contributed by atoms with van der Waals surface area (Å²) in [7, 11) is -6.47. The van der Waals surface area contributed by atoms with Crippen molar-refractivity contribution in [2.45, 2.75) is 18.2 Å². The van der Waals surface area contributed by atoms with Gasteiger partial charge in [0.1, 0.15) is 4.90 Å². The molecule has 0 spiro atoms. The Morgan fingerprint density at radius 1 is 1.17 bits per heavy atom. The highest BCUT2D eigenvalue weighted by Gasteiger charge is 2.20. The van der Waals surface area contributed by atoms with Crippen LogP contribution in [0.15, 0.2) is 29.2 Å². The quantitative estimate of drug-likeness (QED) is 0.795. The minimum absolute atomic E-state index is 0.00667. The van der Waals surface area contributed by atoms with E-state index in [1.807, 2.05) is 0 Å². The molecule has 1 aromatic rings. The second-order valence-electron chi connectivity index (χ2n) is 3.54. The molecule has 0 unspecified atom stereocenters. The van der Waals surface area contributed by atoms with Crippen molar-refractivity contribution in [2.75, 3.05) is 17.6 Å². The summed E-state index contributed by atoms with van der Waals surface area (Å²) in [6.45, 7) is 1.72. The predicted octanol–water partition coefficient (Wildman–Crippen LogP) is 1.17. The van der Waals surface area contributed by atoms with Gasteiger partial charge in [-0.1, -0.05) is 19.1 Å². The molecule has 0 bridgehead atoms. The second-order valence-corrected chi connectivity index (χ2v) is 7.06. The topological polar surface area (TPSA) is 89.5 Å². The van der Waals surface area contributed by atoms with E-state index in [0.29, 0.717) is 6.42 Å². The molecule has 102 valence electrons. The molecular formula is C10H15NO5S2. The molecule has 0 radical (unpaired) electrons. The summed E-state index contributed by atoms with van der Waals surface area (Å²) in [6.07, 6.45) is 0.439. The Labute approximate surface area is 107 Å². The Bertz CT molecular complexity index is 607. The van der Waals surface area contributed by atoms with Crippen LogP contribution in [0.2, 0.25) is 0 Å². The fourth-order valence-corrected chi connectivity index (χ4v) is 3.38. The lowest BCUT2D eigenvalue weighted by Gasteiger charge is -2.11. The zero-order valence-electron chi connectivity index (χ0n) is 10.1. The molecule has 8 heteroatoms. The van der Waals surface area contributed by atoms with Crippen LogP contribution in [-0.4, -0.2) is 29.7 Å². The molecule has 0 saturated heterocycles. The molecule has 0 aliphatic heterocycles. The van der Waals surface area contributed by atoms with Crippen LogP contribution in [0.25, 0.3) is 0 Å². The molecular weight excluding hydrogens is 278 g/mol. The van der Waals surface area contributed by atoms with Crippen molar-refractivity contribution in [3.05, 3.63) is 24.3 Å². The van der Waals surface area contributed by atoms with Crippen LogP contribution in [0.4, 0.5) is 5.69 Å². The fraction of sp³-hybridized carbons (Fsp3) is 0.400. The molecule has 0 heterocycles. The van der Waals surface area contributed by atoms with E-state index in [4.69, 9.17) is 0 Å². The van der Waals surface area contributed by atoms with Gasteiger partial charge in [-0.05, 0) is 18.6 Å². The van der Waals surface area contributed by atoms with Gasteiger partial charge in [0.2, 0.25) is 10.0 Å². The van der Waals surface area contributed by atoms with Gasteiger partial charge >= 0.3 is 0 Å². The highest BCUT2D eigenvalue weighted by atomic mass is 32.2. The summed E-state index contributed by atoms with van der Waals surface area (Å²) in [6, 6.07) is 5.68. The van der Waals surface area contributed by atoms with Crippen molar-refractivity contribution in [1.82, 2.24) is 0 Å². The van der Waals surface area contributed by atoms with E-state index in [1.165, 1.54) is 18.2 Å². The standard InChI is InChI=1S/C10H15NO5S2/c1-3-8-17(12,13)11-9-6-4-5-7-10(9)18(14,15)16-2/h4-7,11H,3,8H2,1-2H3. The average molecular weight is 293 g/mol. The summed E-state index contributed by atoms with van der Waals surface area (Å²) in [4.78, 5) is -0.202. The molecule has 0 aliphatic rings. The van der Waals surface area contributed by atoms with Crippen LogP contribution in [-0.2, 0) is 24.3 Å². The number of para-hydroxylation sites is 1. The summed E-state index contributed by atoms with van der Waals surface area (Å²) >= 11 is 0. The van der Waals surface area contributed by atoms with Gasteiger partial charge in [0, 0.05) is 0 Å².